The third-order valence-electron chi connectivity index (χ3n) is 4.86. The van der Waals surface area contributed by atoms with Gasteiger partial charge in [-0.15, -0.1) is 0 Å². The van der Waals surface area contributed by atoms with E-state index in [0.717, 1.165) is 12.2 Å². The van der Waals surface area contributed by atoms with E-state index in [2.05, 4.69) is 10.4 Å². The highest BCUT2D eigenvalue weighted by atomic mass is 16.5. The maximum atomic E-state index is 12.3. The molecule has 0 aliphatic heterocycles. The summed E-state index contributed by atoms with van der Waals surface area (Å²) in [4.78, 5) is 24.4. The molecule has 0 fully saturated rings. The molecule has 1 aromatic heterocycles. The fourth-order valence-corrected chi connectivity index (χ4v) is 3.12. The van der Waals surface area contributed by atoms with Gasteiger partial charge in [0.25, 0.3) is 11.5 Å². The smallest absolute Gasteiger partial charge is 0.266 e. The summed E-state index contributed by atoms with van der Waals surface area (Å²) >= 11 is 0. The highest BCUT2D eigenvalue weighted by Gasteiger charge is 2.11. The second kappa shape index (κ2) is 12.3. The average molecular weight is 468 g/mol. The molecule has 0 saturated heterocycles. The third kappa shape index (κ3) is 6.74. The molecule has 9 nitrogen and oxygen atoms in total. The minimum Gasteiger partial charge on any atom is -0.497 e. The second-order valence-corrected chi connectivity index (χ2v) is 7.30. The van der Waals surface area contributed by atoms with Crippen LogP contribution in [0.4, 0.5) is 0 Å². The van der Waals surface area contributed by atoms with Gasteiger partial charge in [-0.05, 0) is 55.0 Å². The van der Waals surface area contributed by atoms with E-state index in [1.54, 1.807) is 62.8 Å². The van der Waals surface area contributed by atoms with Crippen molar-refractivity contribution in [2.45, 2.75) is 19.9 Å². The lowest BCUT2D eigenvalue weighted by Crippen LogP contribution is -2.34. The van der Waals surface area contributed by atoms with Crippen molar-refractivity contribution in [1.29, 1.82) is 0 Å². The molecule has 9 heteroatoms. The topological polar surface area (TPSA) is 101 Å². The van der Waals surface area contributed by atoms with E-state index in [9.17, 15) is 9.59 Å². The summed E-state index contributed by atoms with van der Waals surface area (Å²) in [6.07, 6.45) is 0.930. The van der Waals surface area contributed by atoms with Crippen LogP contribution in [0.2, 0.25) is 0 Å². The Morgan fingerprint density at radius 1 is 0.941 bits per heavy atom. The van der Waals surface area contributed by atoms with Crippen LogP contribution >= 0.6 is 0 Å². The average Bonchev–Trinajstić information content (AvgIpc) is 2.87. The summed E-state index contributed by atoms with van der Waals surface area (Å²) in [5, 5.41) is 7.16. The molecule has 0 unspecified atom stereocenters. The number of hydrogen-bond donors (Lipinski definition) is 1. The van der Waals surface area contributed by atoms with Gasteiger partial charge >= 0.3 is 0 Å². The fourth-order valence-electron chi connectivity index (χ4n) is 3.12. The summed E-state index contributed by atoms with van der Waals surface area (Å²) in [7, 11) is 3.14. The number of carbonyl (C=O) groups is 1. The fraction of sp³-hybridized carbons (Fsp3) is 0.320. The van der Waals surface area contributed by atoms with Gasteiger partial charge in [0.05, 0.1) is 33.1 Å². The molecule has 1 N–H and O–H groups in total. The van der Waals surface area contributed by atoms with E-state index < -0.39 is 0 Å². The number of methoxy groups -OCH3 is 2. The molecular weight excluding hydrogens is 438 g/mol. The Morgan fingerprint density at radius 3 is 2.32 bits per heavy atom. The highest BCUT2D eigenvalue weighted by Crippen LogP contribution is 2.31. The number of nitrogens with one attached hydrogen (secondary N) is 1. The molecule has 0 atom stereocenters. The number of hydrogen-bond acceptors (Lipinski definition) is 7. The van der Waals surface area contributed by atoms with Crippen molar-refractivity contribution < 1.29 is 23.7 Å². The molecule has 2 aromatic carbocycles. The van der Waals surface area contributed by atoms with E-state index in [-0.39, 0.29) is 31.2 Å². The SMILES string of the molecule is CCCOc1ccc(OCC(=O)NCCn2nc(-c3cc(OC)ccc3OC)ccc2=O)cc1. The van der Waals surface area contributed by atoms with Crippen LogP contribution in [0, 0.1) is 0 Å². The first-order chi connectivity index (χ1) is 16.5. The summed E-state index contributed by atoms with van der Waals surface area (Å²) in [6, 6.07) is 15.5. The first-order valence-corrected chi connectivity index (χ1v) is 11.0. The lowest BCUT2D eigenvalue weighted by atomic mass is 10.1. The summed E-state index contributed by atoms with van der Waals surface area (Å²) < 4.78 is 23.0. The van der Waals surface area contributed by atoms with Gasteiger partial charge < -0.3 is 24.3 Å². The lowest BCUT2D eigenvalue weighted by molar-refractivity contribution is -0.123. The summed E-state index contributed by atoms with van der Waals surface area (Å²) in [6.45, 7) is 2.97. The van der Waals surface area contributed by atoms with Gasteiger partial charge in [0.1, 0.15) is 23.0 Å². The largest absolute Gasteiger partial charge is 0.497 e. The molecule has 3 aromatic rings. The van der Waals surface area contributed by atoms with Crippen LogP contribution in [0.25, 0.3) is 11.3 Å². The van der Waals surface area contributed by atoms with Crippen molar-refractivity contribution in [3.8, 4) is 34.3 Å². The monoisotopic (exact) mass is 467 g/mol. The zero-order chi connectivity index (χ0) is 24.3. The van der Waals surface area contributed by atoms with E-state index in [0.29, 0.717) is 35.1 Å². The summed E-state index contributed by atoms with van der Waals surface area (Å²) in [5.74, 6) is 2.27. The van der Waals surface area contributed by atoms with Crippen molar-refractivity contribution in [3.05, 3.63) is 65.0 Å². The highest BCUT2D eigenvalue weighted by molar-refractivity contribution is 5.77. The van der Waals surface area contributed by atoms with Crippen LogP contribution < -0.4 is 29.8 Å². The van der Waals surface area contributed by atoms with Gasteiger partial charge in [0.2, 0.25) is 0 Å². The Morgan fingerprint density at radius 2 is 1.65 bits per heavy atom. The van der Waals surface area contributed by atoms with E-state index >= 15 is 0 Å². The number of rotatable bonds is 12. The Balaban J connectivity index is 1.55. The zero-order valence-corrected chi connectivity index (χ0v) is 19.6. The molecule has 34 heavy (non-hydrogen) atoms. The standard InChI is InChI=1S/C25H29N3O6/c1-4-15-33-18-5-7-19(8-6-18)34-17-24(29)26-13-14-28-25(30)12-10-22(27-28)21-16-20(31-2)9-11-23(21)32-3/h5-12,16H,4,13-15,17H2,1-3H3,(H,26,29). The number of nitrogens with zero attached hydrogens (tertiary/aromatic N) is 2. The van der Waals surface area contributed by atoms with Crippen LogP contribution in [-0.4, -0.2) is 49.7 Å². The number of benzene rings is 2. The van der Waals surface area contributed by atoms with Gasteiger partial charge in [0.15, 0.2) is 6.61 Å². The molecular formula is C25H29N3O6. The van der Waals surface area contributed by atoms with Crippen molar-refractivity contribution in [3.63, 3.8) is 0 Å². The number of aromatic nitrogens is 2. The number of carbonyl (C=O) groups excluding carboxylic acids is 1. The number of amides is 1. The molecule has 0 saturated carbocycles. The quantitative estimate of drug-likeness (QED) is 0.437. The molecule has 0 aliphatic carbocycles. The second-order valence-electron chi connectivity index (χ2n) is 7.30. The van der Waals surface area contributed by atoms with E-state index in [4.69, 9.17) is 18.9 Å². The van der Waals surface area contributed by atoms with Crippen molar-refractivity contribution >= 4 is 5.91 Å². The maximum absolute atomic E-state index is 12.3. The van der Waals surface area contributed by atoms with Gasteiger partial charge in [-0.3, -0.25) is 9.59 Å². The van der Waals surface area contributed by atoms with Crippen molar-refractivity contribution in [2.75, 3.05) is 34.0 Å². The molecule has 1 amide bonds. The molecule has 3 rings (SSSR count). The minimum atomic E-state index is -0.301. The maximum Gasteiger partial charge on any atom is 0.266 e. The third-order valence-corrected chi connectivity index (χ3v) is 4.86. The minimum absolute atomic E-state index is 0.140. The predicted molar refractivity (Wildman–Crippen MR) is 128 cm³/mol. The van der Waals surface area contributed by atoms with Gasteiger partial charge in [-0.1, -0.05) is 6.92 Å². The van der Waals surface area contributed by atoms with Crippen LogP contribution in [0.5, 0.6) is 23.0 Å². The Kier molecular flexibility index (Phi) is 8.90. The Labute approximate surface area is 198 Å². The van der Waals surface area contributed by atoms with Crippen LogP contribution in [0.1, 0.15) is 13.3 Å². The molecule has 0 radical (unpaired) electrons. The first kappa shape index (κ1) is 24.6. The molecule has 1 heterocycles. The Hall–Kier alpha value is -4.01. The number of ether oxygens (including phenoxy) is 4. The molecule has 0 bridgehead atoms. The predicted octanol–water partition coefficient (Wildman–Crippen LogP) is 2.91. The lowest BCUT2D eigenvalue weighted by Gasteiger charge is -2.12. The normalized spacial score (nSPS) is 10.4. The molecule has 0 spiro atoms. The molecule has 180 valence electrons. The van der Waals surface area contributed by atoms with E-state index in [1.165, 1.54) is 10.7 Å². The van der Waals surface area contributed by atoms with Crippen molar-refractivity contribution in [2.24, 2.45) is 0 Å². The van der Waals surface area contributed by atoms with Crippen LogP contribution in [0.3, 0.4) is 0 Å². The van der Waals surface area contributed by atoms with E-state index in [1.807, 2.05) is 6.92 Å². The van der Waals surface area contributed by atoms with Crippen molar-refractivity contribution in [1.82, 2.24) is 15.1 Å². The Bertz CT molecular complexity index is 1140. The van der Waals surface area contributed by atoms with Crippen LogP contribution in [-0.2, 0) is 11.3 Å². The van der Waals surface area contributed by atoms with Gasteiger partial charge in [0, 0.05) is 18.2 Å². The van der Waals surface area contributed by atoms with Gasteiger partial charge in [-0.25, -0.2) is 4.68 Å². The van der Waals surface area contributed by atoms with Gasteiger partial charge in [-0.2, -0.15) is 5.10 Å². The first-order valence-electron chi connectivity index (χ1n) is 11.0. The van der Waals surface area contributed by atoms with Crippen LogP contribution in [0.15, 0.2) is 59.4 Å². The zero-order valence-electron chi connectivity index (χ0n) is 19.6. The summed E-state index contributed by atoms with van der Waals surface area (Å²) in [5.41, 5.74) is 0.969. The molecule has 0 aliphatic rings.